The highest BCUT2D eigenvalue weighted by Gasteiger charge is 2.60. The summed E-state index contributed by atoms with van der Waals surface area (Å²) in [5.41, 5.74) is 1.35. The average molecular weight is 474 g/mol. The first kappa shape index (κ1) is 25.6. The minimum Gasteiger partial charge on any atom is -0.481 e. The highest BCUT2D eigenvalue weighted by molar-refractivity contribution is 7.99. The van der Waals surface area contributed by atoms with Crippen molar-refractivity contribution in [2.75, 3.05) is 23.7 Å². The number of piperidine rings is 1. The maximum absolute atomic E-state index is 13.0. The lowest BCUT2D eigenvalue weighted by molar-refractivity contribution is -0.139. The number of nitrogens with zero attached hydrogens (tertiary/aromatic N) is 2. The molecule has 1 aromatic rings. The van der Waals surface area contributed by atoms with Crippen molar-refractivity contribution in [3.05, 3.63) is 30.0 Å². The van der Waals surface area contributed by atoms with Crippen LogP contribution in [0.1, 0.15) is 76.1 Å². The van der Waals surface area contributed by atoms with E-state index in [0.717, 1.165) is 67.0 Å². The Labute approximate surface area is 202 Å². The molecule has 2 fully saturated rings. The Morgan fingerprint density at radius 2 is 1.97 bits per heavy atom. The molecule has 1 amide bonds. The highest BCUT2D eigenvalue weighted by Crippen LogP contribution is 2.52. The van der Waals surface area contributed by atoms with E-state index in [9.17, 15) is 14.7 Å². The molecule has 2 unspecified atom stereocenters. The summed E-state index contributed by atoms with van der Waals surface area (Å²) in [5, 5.41) is 13.0. The quantitative estimate of drug-likeness (QED) is 0.271. The number of anilines is 1. The van der Waals surface area contributed by atoms with Gasteiger partial charge in [-0.05, 0) is 54.9 Å². The second-order valence-corrected chi connectivity index (χ2v) is 10.7. The Balaban J connectivity index is 1.54. The average Bonchev–Trinajstić information content (AvgIpc) is 3.31. The largest absolute Gasteiger partial charge is 0.481 e. The van der Waals surface area contributed by atoms with Crippen molar-refractivity contribution in [2.24, 2.45) is 23.7 Å². The summed E-state index contributed by atoms with van der Waals surface area (Å²) in [5.74, 6) is 1.95. The Morgan fingerprint density at radius 1 is 1.24 bits per heavy atom. The number of aromatic nitrogens is 1. The SMILES string of the molecule is C=C(CCCCCC(C)CC)NC(=O)c1ccc(N2C[C@@H]3C(C(=O)O)[C@@H]3C2)nc1SCCC. The molecule has 2 heterocycles. The first-order valence-electron chi connectivity index (χ1n) is 12.5. The number of hydrogen-bond acceptors (Lipinski definition) is 5. The van der Waals surface area contributed by atoms with Gasteiger partial charge >= 0.3 is 5.97 Å². The number of thioether (sulfide) groups is 1. The zero-order valence-electron chi connectivity index (χ0n) is 20.3. The van der Waals surface area contributed by atoms with Gasteiger partial charge in [-0.15, -0.1) is 11.8 Å². The lowest BCUT2D eigenvalue weighted by Crippen LogP contribution is -2.28. The van der Waals surface area contributed by atoms with Crippen LogP contribution < -0.4 is 10.2 Å². The predicted molar refractivity (Wildman–Crippen MR) is 135 cm³/mol. The van der Waals surface area contributed by atoms with Gasteiger partial charge in [0.2, 0.25) is 0 Å². The van der Waals surface area contributed by atoms with Crippen molar-refractivity contribution in [2.45, 2.75) is 70.7 Å². The Morgan fingerprint density at radius 3 is 2.61 bits per heavy atom. The molecule has 1 aliphatic carbocycles. The number of carboxylic acids is 1. The zero-order chi connectivity index (χ0) is 24.0. The predicted octanol–water partition coefficient (Wildman–Crippen LogP) is 5.59. The van der Waals surface area contributed by atoms with Crippen LogP contribution in [-0.4, -0.2) is 40.8 Å². The third kappa shape index (κ3) is 6.75. The summed E-state index contributed by atoms with van der Waals surface area (Å²) < 4.78 is 0. The number of carbonyl (C=O) groups is 2. The molecular formula is C26H39N3O3S. The van der Waals surface area contributed by atoms with Crippen molar-refractivity contribution in [1.29, 1.82) is 0 Å². The van der Waals surface area contributed by atoms with E-state index < -0.39 is 5.97 Å². The number of carboxylic acid groups (broad SMARTS) is 1. The third-order valence-corrected chi connectivity index (χ3v) is 8.20. The number of rotatable bonds is 14. The molecular weight excluding hydrogens is 434 g/mol. The van der Waals surface area contributed by atoms with Gasteiger partial charge in [0, 0.05) is 18.8 Å². The highest BCUT2D eigenvalue weighted by atomic mass is 32.2. The molecule has 3 rings (SSSR count). The summed E-state index contributed by atoms with van der Waals surface area (Å²) in [4.78, 5) is 31.2. The molecule has 2 N–H and O–H groups in total. The van der Waals surface area contributed by atoms with Crippen LogP contribution in [0.4, 0.5) is 5.82 Å². The number of amides is 1. The molecule has 33 heavy (non-hydrogen) atoms. The number of allylic oxidation sites excluding steroid dienone is 1. The lowest BCUT2D eigenvalue weighted by Gasteiger charge is -2.21. The molecule has 1 aromatic heterocycles. The van der Waals surface area contributed by atoms with Crippen molar-refractivity contribution in [3.8, 4) is 0 Å². The molecule has 7 heteroatoms. The fourth-order valence-corrected chi connectivity index (χ4v) is 5.54. The summed E-state index contributed by atoms with van der Waals surface area (Å²) in [6.45, 7) is 12.2. The standard InChI is InChI=1S/C26H39N3O3S/c1-5-14-33-25-19(24(30)27-18(4)11-9-7-8-10-17(3)6-2)12-13-22(28-25)29-15-20-21(16-29)23(20)26(31)32/h12-13,17,20-21,23H,4-11,14-16H2,1-3H3,(H,27,30)(H,31,32)/t17?,20-,21+,23?. The number of aliphatic carboxylic acids is 1. The summed E-state index contributed by atoms with van der Waals surface area (Å²) >= 11 is 1.60. The molecule has 2 aliphatic rings. The van der Waals surface area contributed by atoms with Crippen molar-refractivity contribution >= 4 is 29.5 Å². The van der Waals surface area contributed by atoms with E-state index in [-0.39, 0.29) is 23.7 Å². The van der Waals surface area contributed by atoms with Crippen LogP contribution in [0.2, 0.25) is 0 Å². The first-order chi connectivity index (χ1) is 15.8. The molecule has 182 valence electrons. The number of fused-ring (bicyclic) bond motifs is 1. The second kappa shape index (κ2) is 11.9. The molecule has 1 aliphatic heterocycles. The Hall–Kier alpha value is -2.02. The van der Waals surface area contributed by atoms with Crippen LogP contribution in [-0.2, 0) is 4.79 Å². The minimum atomic E-state index is -0.681. The van der Waals surface area contributed by atoms with Crippen LogP contribution in [0.15, 0.2) is 29.4 Å². The number of pyridine rings is 1. The van der Waals surface area contributed by atoms with Crippen LogP contribution in [0, 0.1) is 23.7 Å². The summed E-state index contributed by atoms with van der Waals surface area (Å²) in [6, 6.07) is 3.75. The monoisotopic (exact) mass is 473 g/mol. The molecule has 0 aromatic carbocycles. The molecule has 4 atom stereocenters. The smallest absolute Gasteiger partial charge is 0.307 e. The summed E-state index contributed by atoms with van der Waals surface area (Å²) in [6.07, 6.45) is 7.72. The van der Waals surface area contributed by atoms with E-state index in [0.29, 0.717) is 5.56 Å². The van der Waals surface area contributed by atoms with Gasteiger partial charge in [0.15, 0.2) is 0 Å². The van der Waals surface area contributed by atoms with Gasteiger partial charge in [-0.25, -0.2) is 4.98 Å². The molecule has 1 saturated heterocycles. The topological polar surface area (TPSA) is 82.5 Å². The maximum Gasteiger partial charge on any atom is 0.307 e. The molecule has 1 saturated carbocycles. The van der Waals surface area contributed by atoms with Crippen LogP contribution in [0.3, 0.4) is 0 Å². The number of carbonyl (C=O) groups excluding carboxylic acids is 1. The van der Waals surface area contributed by atoms with Crippen LogP contribution >= 0.6 is 11.8 Å². The zero-order valence-corrected chi connectivity index (χ0v) is 21.1. The van der Waals surface area contributed by atoms with E-state index >= 15 is 0 Å². The number of nitrogens with one attached hydrogen (secondary N) is 1. The number of unbranched alkanes of at least 4 members (excludes halogenated alkanes) is 2. The lowest BCUT2D eigenvalue weighted by atomic mass is 10.0. The molecule has 0 spiro atoms. The number of hydrogen-bond donors (Lipinski definition) is 2. The van der Waals surface area contributed by atoms with Gasteiger partial charge in [-0.1, -0.05) is 53.0 Å². The van der Waals surface area contributed by atoms with Crippen LogP contribution in [0.25, 0.3) is 0 Å². The maximum atomic E-state index is 13.0. The van der Waals surface area contributed by atoms with Gasteiger partial charge in [0.05, 0.1) is 11.5 Å². The van der Waals surface area contributed by atoms with E-state index in [4.69, 9.17) is 4.98 Å². The van der Waals surface area contributed by atoms with Crippen molar-refractivity contribution < 1.29 is 14.7 Å². The first-order valence-corrected chi connectivity index (χ1v) is 13.4. The fraction of sp³-hybridized carbons (Fsp3) is 0.654. The molecule has 6 nitrogen and oxygen atoms in total. The van der Waals surface area contributed by atoms with Gasteiger partial charge < -0.3 is 15.3 Å². The minimum absolute atomic E-state index is 0.146. The Kier molecular flexibility index (Phi) is 9.24. The third-order valence-electron chi connectivity index (χ3n) is 7.00. The fourth-order valence-electron chi connectivity index (χ4n) is 4.67. The van der Waals surface area contributed by atoms with E-state index in [2.05, 4.69) is 37.6 Å². The van der Waals surface area contributed by atoms with Crippen molar-refractivity contribution in [1.82, 2.24) is 10.3 Å². The van der Waals surface area contributed by atoms with Gasteiger partial charge in [-0.2, -0.15) is 0 Å². The van der Waals surface area contributed by atoms with Gasteiger partial charge in [0.25, 0.3) is 5.91 Å². The molecule has 0 radical (unpaired) electrons. The van der Waals surface area contributed by atoms with E-state index in [1.54, 1.807) is 11.8 Å². The van der Waals surface area contributed by atoms with Crippen LogP contribution in [0.5, 0.6) is 0 Å². The normalized spacial score (nSPS) is 22.0. The van der Waals surface area contributed by atoms with Crippen molar-refractivity contribution in [3.63, 3.8) is 0 Å². The second-order valence-electron chi connectivity index (χ2n) is 9.64. The summed E-state index contributed by atoms with van der Waals surface area (Å²) in [7, 11) is 0. The van der Waals surface area contributed by atoms with Gasteiger partial charge in [0.1, 0.15) is 10.8 Å². The van der Waals surface area contributed by atoms with Gasteiger partial charge in [-0.3, -0.25) is 9.59 Å². The molecule has 0 bridgehead atoms. The van der Waals surface area contributed by atoms with E-state index in [1.807, 2.05) is 12.1 Å². The Bertz CT molecular complexity index is 847. The van der Waals surface area contributed by atoms with E-state index in [1.165, 1.54) is 19.3 Å².